The third kappa shape index (κ3) is 3.93. The standard InChI is InChI=1S/C20H19N5O5/c1-2-29-20(26)22-21-11-15-12-24(16-7-6-13-4-3-5-14(13)10-16)23-19(15)17-8-9-18(30-17)25(27)28/h6-12H,2-5H2,1H3,(H,22,26). The van der Waals surface area contributed by atoms with Crippen molar-refractivity contribution in [3.63, 3.8) is 0 Å². The lowest BCUT2D eigenvalue weighted by molar-refractivity contribution is -0.401. The Morgan fingerprint density at radius 3 is 2.97 bits per heavy atom. The van der Waals surface area contributed by atoms with Crippen LogP contribution < -0.4 is 5.43 Å². The molecule has 1 amide bonds. The maximum Gasteiger partial charge on any atom is 0.433 e. The van der Waals surface area contributed by atoms with Crippen molar-refractivity contribution < 1.29 is 18.9 Å². The van der Waals surface area contributed by atoms with E-state index in [0.717, 1.165) is 24.9 Å². The van der Waals surface area contributed by atoms with Gasteiger partial charge in [-0.25, -0.2) is 14.9 Å². The molecule has 1 aromatic carbocycles. The van der Waals surface area contributed by atoms with Gasteiger partial charge in [-0.2, -0.15) is 10.2 Å². The molecule has 0 bridgehead atoms. The van der Waals surface area contributed by atoms with Gasteiger partial charge < -0.3 is 9.15 Å². The molecule has 10 nitrogen and oxygen atoms in total. The van der Waals surface area contributed by atoms with Gasteiger partial charge in [0.05, 0.1) is 24.6 Å². The Bertz CT molecular complexity index is 1130. The zero-order valence-corrected chi connectivity index (χ0v) is 16.2. The highest BCUT2D eigenvalue weighted by Gasteiger charge is 2.19. The summed E-state index contributed by atoms with van der Waals surface area (Å²) in [6.07, 6.45) is 5.66. The van der Waals surface area contributed by atoms with Gasteiger partial charge in [0.2, 0.25) is 0 Å². The summed E-state index contributed by atoms with van der Waals surface area (Å²) in [5.41, 5.74) is 6.61. The maximum absolute atomic E-state index is 11.4. The van der Waals surface area contributed by atoms with Crippen LogP contribution in [0.2, 0.25) is 0 Å². The fourth-order valence-electron chi connectivity index (χ4n) is 3.38. The lowest BCUT2D eigenvalue weighted by atomic mass is 10.1. The fourth-order valence-corrected chi connectivity index (χ4v) is 3.38. The molecule has 30 heavy (non-hydrogen) atoms. The van der Waals surface area contributed by atoms with Crippen LogP contribution in [0.25, 0.3) is 17.1 Å². The Hall–Kier alpha value is -3.95. The molecule has 2 heterocycles. The Morgan fingerprint density at radius 1 is 1.37 bits per heavy atom. The first-order chi connectivity index (χ1) is 14.5. The minimum absolute atomic E-state index is 0.221. The number of hydrogen-bond donors (Lipinski definition) is 1. The number of rotatable bonds is 6. The number of nitrogens with one attached hydrogen (secondary N) is 1. The van der Waals surface area contributed by atoms with Crippen LogP contribution in [0.1, 0.15) is 30.0 Å². The van der Waals surface area contributed by atoms with Gasteiger partial charge in [0.15, 0.2) is 5.76 Å². The minimum atomic E-state index is -0.685. The van der Waals surface area contributed by atoms with E-state index in [1.54, 1.807) is 17.8 Å². The molecule has 1 aliphatic carbocycles. The van der Waals surface area contributed by atoms with Crippen LogP contribution in [-0.4, -0.2) is 33.6 Å². The SMILES string of the molecule is CCOC(=O)NN=Cc1cn(-c2ccc3c(c2)CCC3)nc1-c1ccc([N+](=O)[O-])o1. The maximum atomic E-state index is 11.4. The topological polar surface area (TPSA) is 125 Å². The summed E-state index contributed by atoms with van der Waals surface area (Å²) in [7, 11) is 0. The van der Waals surface area contributed by atoms with Crippen LogP contribution in [0.5, 0.6) is 0 Å². The first kappa shape index (κ1) is 19.4. The van der Waals surface area contributed by atoms with Crippen LogP contribution in [-0.2, 0) is 17.6 Å². The fraction of sp³-hybridized carbons (Fsp3) is 0.250. The number of benzene rings is 1. The number of furan rings is 1. The van der Waals surface area contributed by atoms with Gasteiger partial charge in [0, 0.05) is 11.8 Å². The quantitative estimate of drug-likeness (QED) is 0.377. The van der Waals surface area contributed by atoms with E-state index in [4.69, 9.17) is 9.15 Å². The molecule has 0 unspecified atom stereocenters. The normalized spacial score (nSPS) is 12.8. The van der Waals surface area contributed by atoms with E-state index in [1.165, 1.54) is 29.5 Å². The summed E-state index contributed by atoms with van der Waals surface area (Å²) in [6.45, 7) is 1.91. The second kappa shape index (κ2) is 8.19. The van der Waals surface area contributed by atoms with Crippen LogP contribution >= 0.6 is 0 Å². The summed E-state index contributed by atoms with van der Waals surface area (Å²) >= 11 is 0. The molecule has 3 aromatic rings. The highest BCUT2D eigenvalue weighted by atomic mass is 16.6. The number of nitrogens with zero attached hydrogens (tertiary/aromatic N) is 4. The molecule has 0 aliphatic heterocycles. The number of aromatic nitrogens is 2. The Morgan fingerprint density at radius 2 is 2.20 bits per heavy atom. The third-order valence-corrected chi connectivity index (χ3v) is 4.73. The second-order valence-electron chi connectivity index (χ2n) is 6.67. The van der Waals surface area contributed by atoms with E-state index in [1.807, 2.05) is 6.07 Å². The van der Waals surface area contributed by atoms with Crippen molar-refractivity contribution in [3.8, 4) is 17.1 Å². The largest absolute Gasteiger partial charge is 0.449 e. The monoisotopic (exact) mass is 409 g/mol. The van der Waals surface area contributed by atoms with Gasteiger partial charge in [0.25, 0.3) is 0 Å². The predicted octanol–water partition coefficient (Wildman–Crippen LogP) is 3.61. The summed E-state index contributed by atoms with van der Waals surface area (Å²) in [6, 6.07) is 8.89. The van der Waals surface area contributed by atoms with Gasteiger partial charge in [-0.1, -0.05) is 6.07 Å². The van der Waals surface area contributed by atoms with Crippen LogP contribution in [0.15, 0.2) is 46.0 Å². The van der Waals surface area contributed by atoms with Crippen molar-refractivity contribution >= 4 is 18.2 Å². The molecule has 0 fully saturated rings. The van der Waals surface area contributed by atoms with Gasteiger partial charge in [-0.3, -0.25) is 10.1 Å². The molecule has 154 valence electrons. The van der Waals surface area contributed by atoms with Crippen LogP contribution in [0.3, 0.4) is 0 Å². The van der Waals surface area contributed by atoms with Crippen molar-refractivity contribution in [1.82, 2.24) is 15.2 Å². The number of ether oxygens (including phenoxy) is 1. The first-order valence-electron chi connectivity index (χ1n) is 9.47. The molecule has 10 heteroatoms. The Kier molecular flexibility index (Phi) is 5.29. The molecule has 0 saturated carbocycles. The lowest BCUT2D eigenvalue weighted by Crippen LogP contribution is -2.18. The predicted molar refractivity (Wildman–Crippen MR) is 108 cm³/mol. The number of carbonyl (C=O) groups excluding carboxylic acids is 1. The number of aryl methyl sites for hydroxylation is 2. The van der Waals surface area contributed by atoms with Crippen LogP contribution in [0.4, 0.5) is 10.7 Å². The molecule has 4 rings (SSSR count). The number of nitro groups is 1. The van der Waals surface area contributed by atoms with Crippen molar-refractivity contribution in [2.45, 2.75) is 26.2 Å². The second-order valence-corrected chi connectivity index (χ2v) is 6.67. The summed E-state index contributed by atoms with van der Waals surface area (Å²) in [5.74, 6) is -0.163. The summed E-state index contributed by atoms with van der Waals surface area (Å²) < 4.78 is 11.7. The molecule has 2 aromatic heterocycles. The Labute approximate surface area is 171 Å². The molecule has 0 radical (unpaired) electrons. The molecular formula is C20H19N5O5. The van der Waals surface area contributed by atoms with Gasteiger partial charge in [-0.05, 0) is 55.5 Å². The Balaban J connectivity index is 1.70. The highest BCUT2D eigenvalue weighted by molar-refractivity contribution is 5.88. The zero-order valence-electron chi connectivity index (χ0n) is 16.2. The van der Waals surface area contributed by atoms with Crippen molar-refractivity contribution in [3.05, 3.63) is 63.3 Å². The van der Waals surface area contributed by atoms with Gasteiger partial charge in [0.1, 0.15) is 10.6 Å². The van der Waals surface area contributed by atoms with E-state index in [-0.39, 0.29) is 18.3 Å². The molecular weight excluding hydrogens is 390 g/mol. The molecule has 0 spiro atoms. The molecule has 0 saturated heterocycles. The van der Waals surface area contributed by atoms with Crippen molar-refractivity contribution in [2.24, 2.45) is 5.10 Å². The van der Waals surface area contributed by atoms with E-state index in [9.17, 15) is 14.9 Å². The van der Waals surface area contributed by atoms with Crippen molar-refractivity contribution in [1.29, 1.82) is 0 Å². The smallest absolute Gasteiger partial charge is 0.433 e. The van der Waals surface area contributed by atoms with Crippen LogP contribution in [0, 0.1) is 10.1 Å². The molecule has 1 aliphatic rings. The lowest BCUT2D eigenvalue weighted by Gasteiger charge is -2.04. The number of carbonyl (C=O) groups is 1. The zero-order chi connectivity index (χ0) is 21.1. The number of hydrazone groups is 1. The molecule has 0 atom stereocenters. The summed E-state index contributed by atoms with van der Waals surface area (Å²) in [4.78, 5) is 21.8. The van der Waals surface area contributed by atoms with Crippen molar-refractivity contribution in [2.75, 3.05) is 6.61 Å². The number of fused-ring (bicyclic) bond motifs is 1. The van der Waals surface area contributed by atoms with E-state index >= 15 is 0 Å². The minimum Gasteiger partial charge on any atom is -0.449 e. The van der Waals surface area contributed by atoms with Gasteiger partial charge >= 0.3 is 12.0 Å². The first-order valence-corrected chi connectivity index (χ1v) is 9.47. The third-order valence-electron chi connectivity index (χ3n) is 4.73. The average Bonchev–Trinajstić information content (AvgIpc) is 3.46. The van der Waals surface area contributed by atoms with E-state index < -0.39 is 11.0 Å². The number of hydrogen-bond acceptors (Lipinski definition) is 7. The summed E-state index contributed by atoms with van der Waals surface area (Å²) in [5, 5.41) is 19.4. The highest BCUT2D eigenvalue weighted by Crippen LogP contribution is 2.29. The average molecular weight is 409 g/mol. The molecule has 1 N–H and O–H groups in total. The van der Waals surface area contributed by atoms with Gasteiger partial charge in [-0.15, -0.1) is 0 Å². The number of amides is 1. The van der Waals surface area contributed by atoms with E-state index in [2.05, 4.69) is 27.8 Å². The van der Waals surface area contributed by atoms with E-state index in [0.29, 0.717) is 11.3 Å².